The molecular weight excluding hydrogens is 239 g/mol. The summed E-state index contributed by atoms with van der Waals surface area (Å²) in [5.74, 6) is -1.36. The molecule has 2 aliphatic rings. The molecule has 3 rings (SSSR count). The Bertz CT molecular complexity index is 524. The number of anilines is 2. The Morgan fingerprint density at radius 3 is 2.39 bits per heavy atom. The number of morpholine rings is 1. The van der Waals surface area contributed by atoms with Crippen molar-refractivity contribution >= 4 is 23.2 Å². The van der Waals surface area contributed by atoms with Gasteiger partial charge in [0.2, 0.25) is 0 Å². The second kappa shape index (κ2) is 3.78. The van der Waals surface area contributed by atoms with Gasteiger partial charge in [0.25, 0.3) is 11.8 Å². The van der Waals surface area contributed by atoms with E-state index in [-0.39, 0.29) is 11.4 Å². The van der Waals surface area contributed by atoms with Crippen molar-refractivity contribution in [2.45, 2.75) is 25.0 Å². The number of imide groups is 1. The van der Waals surface area contributed by atoms with Gasteiger partial charge in [-0.25, -0.2) is 9.29 Å². The maximum Gasteiger partial charge on any atom is 0.263 e. The molecule has 2 aliphatic heterocycles. The van der Waals surface area contributed by atoms with E-state index in [2.05, 4.69) is 0 Å². The lowest BCUT2D eigenvalue weighted by Gasteiger charge is -2.30. The molecule has 0 spiro atoms. The van der Waals surface area contributed by atoms with Crippen molar-refractivity contribution < 1.29 is 18.7 Å². The zero-order valence-electron chi connectivity index (χ0n) is 9.43. The largest absolute Gasteiger partial charge is 0.397 e. The number of rotatable bonds is 1. The van der Waals surface area contributed by atoms with E-state index in [0.717, 1.165) is 11.0 Å². The summed E-state index contributed by atoms with van der Waals surface area (Å²) in [6, 6.07) is 3.60. The van der Waals surface area contributed by atoms with Crippen molar-refractivity contribution in [1.82, 2.24) is 0 Å². The van der Waals surface area contributed by atoms with Crippen LogP contribution in [0.4, 0.5) is 15.8 Å². The second-order valence-electron chi connectivity index (χ2n) is 4.41. The Kier molecular flexibility index (Phi) is 2.34. The van der Waals surface area contributed by atoms with Crippen LogP contribution in [0.15, 0.2) is 18.2 Å². The molecule has 2 fully saturated rings. The van der Waals surface area contributed by atoms with Crippen LogP contribution < -0.4 is 10.6 Å². The fraction of sp³-hybridized carbons (Fsp3) is 0.333. The third-order valence-electron chi connectivity index (χ3n) is 3.24. The molecule has 0 radical (unpaired) electrons. The van der Waals surface area contributed by atoms with Gasteiger partial charge in [-0.1, -0.05) is 0 Å². The van der Waals surface area contributed by atoms with E-state index in [1.165, 1.54) is 12.1 Å². The monoisotopic (exact) mass is 250 g/mol. The minimum absolute atomic E-state index is 0.0676. The molecule has 2 N–H and O–H groups in total. The van der Waals surface area contributed by atoms with Gasteiger partial charge < -0.3 is 10.5 Å². The molecule has 2 bridgehead atoms. The third-order valence-corrected chi connectivity index (χ3v) is 3.24. The molecule has 6 heteroatoms. The SMILES string of the molecule is Nc1cc(F)ccc1N1C(=O)C2CCC(O2)C1=O. The van der Waals surface area contributed by atoms with Crippen molar-refractivity contribution in [2.75, 3.05) is 10.6 Å². The van der Waals surface area contributed by atoms with Crippen LogP contribution in [0.1, 0.15) is 12.8 Å². The average Bonchev–Trinajstić information content (AvgIpc) is 2.76. The van der Waals surface area contributed by atoms with E-state index < -0.39 is 29.8 Å². The number of hydrogen-bond donors (Lipinski definition) is 1. The molecule has 18 heavy (non-hydrogen) atoms. The lowest BCUT2D eigenvalue weighted by molar-refractivity contribution is -0.146. The molecule has 2 amide bonds. The summed E-state index contributed by atoms with van der Waals surface area (Å²) < 4.78 is 18.3. The summed E-state index contributed by atoms with van der Waals surface area (Å²) in [6.07, 6.45) is -0.103. The van der Waals surface area contributed by atoms with E-state index >= 15 is 0 Å². The van der Waals surface area contributed by atoms with Gasteiger partial charge >= 0.3 is 0 Å². The molecule has 1 aromatic carbocycles. The summed E-state index contributed by atoms with van der Waals surface area (Å²) >= 11 is 0. The maximum atomic E-state index is 13.0. The van der Waals surface area contributed by atoms with Gasteiger partial charge in [-0.3, -0.25) is 9.59 Å². The van der Waals surface area contributed by atoms with Crippen LogP contribution in [-0.2, 0) is 14.3 Å². The number of carbonyl (C=O) groups is 2. The number of nitrogens with zero attached hydrogens (tertiary/aromatic N) is 1. The number of fused-ring (bicyclic) bond motifs is 2. The number of carbonyl (C=O) groups excluding carboxylic acids is 2. The van der Waals surface area contributed by atoms with E-state index in [1.807, 2.05) is 0 Å². The Morgan fingerprint density at radius 2 is 1.83 bits per heavy atom. The Hall–Kier alpha value is -1.95. The van der Waals surface area contributed by atoms with Gasteiger partial charge in [-0.2, -0.15) is 0 Å². The standard InChI is InChI=1S/C12H11FN2O3/c13-6-1-2-8(7(14)5-6)15-11(16)9-3-4-10(18-9)12(15)17/h1-2,5,9-10H,3-4,14H2. The van der Waals surface area contributed by atoms with Gasteiger partial charge in [0.1, 0.15) is 18.0 Å². The summed E-state index contributed by atoms with van der Waals surface area (Å²) in [6.45, 7) is 0. The van der Waals surface area contributed by atoms with E-state index in [1.54, 1.807) is 0 Å². The van der Waals surface area contributed by atoms with Crippen molar-refractivity contribution in [1.29, 1.82) is 0 Å². The minimum Gasteiger partial charge on any atom is -0.397 e. The molecular formula is C12H11FN2O3. The quantitative estimate of drug-likeness (QED) is 0.592. The Labute approximate surface area is 102 Å². The molecule has 0 aliphatic carbocycles. The summed E-state index contributed by atoms with van der Waals surface area (Å²) in [5.41, 5.74) is 5.96. The number of ether oxygens (including phenoxy) is 1. The van der Waals surface area contributed by atoms with E-state index in [0.29, 0.717) is 12.8 Å². The van der Waals surface area contributed by atoms with Crippen LogP contribution in [-0.4, -0.2) is 24.0 Å². The van der Waals surface area contributed by atoms with Crippen molar-refractivity contribution in [3.05, 3.63) is 24.0 Å². The highest BCUT2D eigenvalue weighted by Gasteiger charge is 2.47. The molecule has 1 aromatic rings. The molecule has 2 atom stereocenters. The molecule has 0 saturated carbocycles. The highest BCUT2D eigenvalue weighted by Crippen LogP contribution is 2.34. The van der Waals surface area contributed by atoms with Crippen molar-refractivity contribution in [3.8, 4) is 0 Å². The first kappa shape index (κ1) is 11.2. The lowest BCUT2D eigenvalue weighted by Crippen LogP contribution is -2.52. The predicted octanol–water partition coefficient (Wildman–Crippen LogP) is 0.829. The van der Waals surface area contributed by atoms with Crippen LogP contribution in [0.2, 0.25) is 0 Å². The number of nitrogen functional groups attached to an aromatic ring is 1. The first-order chi connectivity index (χ1) is 8.58. The fourth-order valence-corrected chi connectivity index (χ4v) is 2.36. The van der Waals surface area contributed by atoms with Crippen molar-refractivity contribution in [2.24, 2.45) is 0 Å². The van der Waals surface area contributed by atoms with Crippen LogP contribution in [0.25, 0.3) is 0 Å². The van der Waals surface area contributed by atoms with Crippen LogP contribution in [0.5, 0.6) is 0 Å². The maximum absolute atomic E-state index is 13.0. The van der Waals surface area contributed by atoms with Gasteiger partial charge in [-0.15, -0.1) is 0 Å². The smallest absolute Gasteiger partial charge is 0.263 e. The number of benzene rings is 1. The van der Waals surface area contributed by atoms with Gasteiger partial charge in [0.05, 0.1) is 11.4 Å². The first-order valence-electron chi connectivity index (χ1n) is 5.66. The van der Waals surface area contributed by atoms with Gasteiger partial charge in [-0.05, 0) is 31.0 Å². The second-order valence-corrected chi connectivity index (χ2v) is 4.41. The highest BCUT2D eigenvalue weighted by atomic mass is 19.1. The number of halogens is 1. The van der Waals surface area contributed by atoms with Crippen LogP contribution in [0, 0.1) is 5.82 Å². The van der Waals surface area contributed by atoms with E-state index in [4.69, 9.17) is 10.5 Å². The highest BCUT2D eigenvalue weighted by molar-refractivity contribution is 6.21. The molecule has 2 unspecified atom stereocenters. The normalized spacial score (nSPS) is 26.8. The summed E-state index contributed by atoms with van der Waals surface area (Å²) in [7, 11) is 0. The topological polar surface area (TPSA) is 72.6 Å². The number of nitrogens with two attached hydrogens (primary N) is 1. The zero-order valence-corrected chi connectivity index (χ0v) is 9.43. The zero-order chi connectivity index (χ0) is 12.9. The van der Waals surface area contributed by atoms with Crippen molar-refractivity contribution in [3.63, 3.8) is 0 Å². The summed E-state index contributed by atoms with van der Waals surface area (Å²) in [5, 5.41) is 0. The first-order valence-corrected chi connectivity index (χ1v) is 5.66. The Balaban J connectivity index is 2.05. The molecule has 0 aromatic heterocycles. The number of hydrogen-bond acceptors (Lipinski definition) is 4. The molecule has 2 saturated heterocycles. The third kappa shape index (κ3) is 1.49. The van der Waals surface area contributed by atoms with Gasteiger partial charge in [0, 0.05) is 0 Å². The molecule has 5 nitrogen and oxygen atoms in total. The summed E-state index contributed by atoms with van der Waals surface area (Å²) in [4.78, 5) is 25.1. The van der Waals surface area contributed by atoms with Gasteiger partial charge in [0.15, 0.2) is 0 Å². The van der Waals surface area contributed by atoms with E-state index in [9.17, 15) is 14.0 Å². The Morgan fingerprint density at radius 1 is 1.22 bits per heavy atom. The lowest BCUT2D eigenvalue weighted by atomic mass is 10.2. The van der Waals surface area contributed by atoms with Crippen LogP contribution in [0.3, 0.4) is 0 Å². The number of amides is 2. The average molecular weight is 250 g/mol. The fourth-order valence-electron chi connectivity index (χ4n) is 2.36. The predicted molar refractivity (Wildman–Crippen MR) is 61.2 cm³/mol. The molecule has 94 valence electrons. The minimum atomic E-state index is -0.586. The molecule has 2 heterocycles. The van der Waals surface area contributed by atoms with Crippen LogP contribution >= 0.6 is 0 Å².